The molecule has 6 nitrogen and oxygen atoms in total. The molecule has 1 atom stereocenters. The van der Waals surface area contributed by atoms with Gasteiger partial charge in [0.1, 0.15) is 11.6 Å². The Kier molecular flexibility index (Phi) is 4.97. The van der Waals surface area contributed by atoms with Crippen molar-refractivity contribution in [1.82, 2.24) is 4.57 Å². The summed E-state index contributed by atoms with van der Waals surface area (Å²) in [5.41, 5.74) is -0.973. The first-order valence-corrected chi connectivity index (χ1v) is 12.1. The van der Waals surface area contributed by atoms with Crippen molar-refractivity contribution in [3.8, 4) is 11.5 Å². The second kappa shape index (κ2) is 8.77. The third kappa shape index (κ3) is 4.48. The minimum Gasteiger partial charge on any atom is -0.395 e. The topological polar surface area (TPSA) is 80.9 Å². The Morgan fingerprint density at radius 1 is 1.24 bits per heavy atom. The molecule has 0 amide bonds. The number of benzene rings is 2. The summed E-state index contributed by atoms with van der Waals surface area (Å²) >= 11 is 0. The molecular formula is C28H30F3NO5. The van der Waals surface area contributed by atoms with Crippen molar-refractivity contribution in [1.29, 1.82) is 0 Å². The summed E-state index contributed by atoms with van der Waals surface area (Å²) in [5.74, 6) is -2.70. The third-order valence-electron chi connectivity index (χ3n) is 7.47. The predicted molar refractivity (Wildman–Crippen MR) is 131 cm³/mol. The van der Waals surface area contributed by atoms with Crippen LogP contribution in [0, 0.1) is 5.82 Å². The van der Waals surface area contributed by atoms with Gasteiger partial charge in [-0.25, -0.2) is 4.39 Å². The van der Waals surface area contributed by atoms with Gasteiger partial charge in [0.25, 0.3) is 0 Å². The molecule has 3 aromatic rings. The highest BCUT2D eigenvalue weighted by Crippen LogP contribution is 2.52. The highest BCUT2D eigenvalue weighted by Gasteiger charge is 2.52. The lowest BCUT2D eigenvalue weighted by molar-refractivity contribution is -0.286. The number of ketones is 1. The van der Waals surface area contributed by atoms with Crippen molar-refractivity contribution in [3.63, 3.8) is 0 Å². The third-order valence-corrected chi connectivity index (χ3v) is 7.47. The van der Waals surface area contributed by atoms with Gasteiger partial charge in [0.2, 0.25) is 0 Å². The molecule has 0 spiro atoms. The molecule has 1 aromatic heterocycles. The van der Waals surface area contributed by atoms with Gasteiger partial charge in [-0.05, 0) is 60.7 Å². The first-order valence-electron chi connectivity index (χ1n) is 14.1. The van der Waals surface area contributed by atoms with Crippen molar-refractivity contribution in [2.45, 2.75) is 76.2 Å². The molecule has 0 saturated heterocycles. The number of carbonyl (C=O) groups is 1. The number of alkyl halides is 2. The van der Waals surface area contributed by atoms with Gasteiger partial charge in [-0.1, -0.05) is 26.8 Å². The van der Waals surface area contributed by atoms with Crippen LogP contribution in [0.3, 0.4) is 0 Å². The molecule has 2 aromatic carbocycles. The van der Waals surface area contributed by atoms with Gasteiger partial charge in [0.15, 0.2) is 11.5 Å². The summed E-state index contributed by atoms with van der Waals surface area (Å²) in [5, 5.41) is 20.3. The number of hydrogen-bond donors (Lipinski definition) is 2. The summed E-state index contributed by atoms with van der Waals surface area (Å²) < 4.78 is 86.2. The monoisotopic (exact) mass is 521 g/mol. The van der Waals surface area contributed by atoms with E-state index in [-0.39, 0.29) is 30.5 Å². The second-order valence-corrected chi connectivity index (χ2v) is 10.3. The van der Waals surface area contributed by atoms with E-state index in [0.717, 1.165) is 0 Å². The Morgan fingerprint density at radius 3 is 2.59 bits per heavy atom. The van der Waals surface area contributed by atoms with Crippen molar-refractivity contribution in [2.24, 2.45) is 0 Å². The van der Waals surface area contributed by atoms with Crippen molar-refractivity contribution in [2.75, 3.05) is 6.61 Å². The average Bonchev–Trinajstić information content (AvgIpc) is 3.52. The largest absolute Gasteiger partial charge is 0.586 e. The molecule has 1 saturated carbocycles. The van der Waals surface area contributed by atoms with E-state index in [1.165, 1.54) is 12.1 Å². The van der Waals surface area contributed by atoms with Gasteiger partial charge in [-0.2, -0.15) is 0 Å². The van der Waals surface area contributed by atoms with E-state index >= 15 is 4.39 Å². The Bertz CT molecular complexity index is 1580. The van der Waals surface area contributed by atoms with Crippen LogP contribution in [0.4, 0.5) is 13.2 Å². The number of hydrogen-bond acceptors (Lipinski definition) is 5. The van der Waals surface area contributed by atoms with E-state index in [1.807, 2.05) is 20.8 Å². The highest BCUT2D eigenvalue weighted by molar-refractivity contribution is 5.95. The van der Waals surface area contributed by atoms with Crippen LogP contribution in [-0.2, 0) is 28.6 Å². The number of nitrogens with zero attached hydrogens (tertiary/aromatic N) is 1. The van der Waals surface area contributed by atoms with E-state index in [1.54, 1.807) is 10.6 Å². The van der Waals surface area contributed by atoms with E-state index in [0.29, 0.717) is 23.0 Å². The maximum atomic E-state index is 15.5. The van der Waals surface area contributed by atoms with Crippen LogP contribution in [0.1, 0.15) is 62.3 Å². The van der Waals surface area contributed by atoms with Gasteiger partial charge in [-0.3, -0.25) is 4.79 Å². The molecule has 0 unspecified atom stereocenters. The van der Waals surface area contributed by atoms with Crippen LogP contribution in [0.5, 0.6) is 11.5 Å². The number of aliphatic hydroxyl groups is 2. The van der Waals surface area contributed by atoms with E-state index in [4.69, 9.17) is 5.48 Å². The molecule has 37 heavy (non-hydrogen) atoms. The Hall–Kier alpha value is -3.04. The predicted octanol–water partition coefficient (Wildman–Crippen LogP) is 4.99. The molecule has 1 aliphatic heterocycles. The number of aliphatic hydroxyl groups excluding tert-OH is 1. The molecule has 2 aliphatic rings. The maximum Gasteiger partial charge on any atom is 0.586 e. The SMILES string of the molecule is [2H]c1c([2H])c(C2(C(=O)Cc3cc4cc(C(C)(C)CC)n(C[C@]([2H])(O)CO)c4cc3F)CC2)c([2H])c2c1OC(F)(F)O2. The van der Waals surface area contributed by atoms with Crippen LogP contribution in [0.15, 0.2) is 36.3 Å². The first-order chi connectivity index (χ1) is 19.0. The highest BCUT2D eigenvalue weighted by atomic mass is 19.3. The van der Waals surface area contributed by atoms with Crippen LogP contribution in [0.25, 0.3) is 10.9 Å². The summed E-state index contributed by atoms with van der Waals surface area (Å²) in [6.07, 6.45) is -5.67. The van der Waals surface area contributed by atoms with Gasteiger partial charge >= 0.3 is 6.29 Å². The fourth-order valence-corrected chi connectivity index (χ4v) is 4.77. The summed E-state index contributed by atoms with van der Waals surface area (Å²) in [7, 11) is 0. The zero-order valence-corrected chi connectivity index (χ0v) is 20.7. The lowest BCUT2D eigenvalue weighted by Crippen LogP contribution is -2.26. The Labute approximate surface area is 218 Å². The first kappa shape index (κ1) is 21.0. The van der Waals surface area contributed by atoms with Crippen molar-refractivity contribution < 1.29 is 43.1 Å². The van der Waals surface area contributed by atoms with Gasteiger partial charge in [0, 0.05) is 22.9 Å². The van der Waals surface area contributed by atoms with Crippen LogP contribution in [0.2, 0.25) is 0 Å². The molecule has 2 N–H and O–H groups in total. The van der Waals surface area contributed by atoms with Gasteiger partial charge in [0.05, 0.1) is 35.6 Å². The van der Waals surface area contributed by atoms with Crippen molar-refractivity contribution in [3.05, 3.63) is 59.0 Å². The van der Waals surface area contributed by atoms with Gasteiger partial charge < -0.3 is 24.3 Å². The minimum absolute atomic E-state index is 0.0338. The number of rotatable bonds is 9. The Morgan fingerprint density at radius 2 is 1.95 bits per heavy atom. The van der Waals surface area contributed by atoms with Crippen LogP contribution >= 0.6 is 0 Å². The van der Waals surface area contributed by atoms with Crippen molar-refractivity contribution >= 4 is 16.7 Å². The summed E-state index contributed by atoms with van der Waals surface area (Å²) in [6, 6.07) is 2.55. The fraction of sp³-hybridized carbons (Fsp3) is 0.464. The van der Waals surface area contributed by atoms with Crippen LogP contribution in [-0.4, -0.2) is 39.5 Å². The fourth-order valence-electron chi connectivity index (χ4n) is 4.77. The molecule has 0 bridgehead atoms. The molecule has 2 heterocycles. The minimum atomic E-state index is -4.10. The van der Waals surface area contributed by atoms with E-state index in [9.17, 15) is 23.8 Å². The lowest BCUT2D eigenvalue weighted by Gasteiger charge is -2.26. The number of carbonyl (C=O) groups excluding carboxylic acids is 1. The number of Topliss-reactive ketones (excluding diaryl/α,β-unsaturated/α-hetero) is 1. The maximum absolute atomic E-state index is 15.5. The molecule has 5 rings (SSSR count). The summed E-state index contributed by atoms with van der Waals surface area (Å²) in [6.45, 7) is 4.72. The number of fused-ring (bicyclic) bond motifs is 2. The molecular weight excluding hydrogens is 487 g/mol. The standard InChI is InChI=1S/C28H30F3NO5/c1-4-26(2,3)24-10-17-9-16(20(29)13-21(17)32(24)14-19(34)15-33)11-25(35)27(7-8-27)18-5-6-22-23(12-18)37-28(30,31)36-22/h5-6,9-10,12-13,19,33-34H,4,7-8,11,14-15H2,1-3H3/t19-/m0/s1/i5D,6D,12D,19D. The smallest absolute Gasteiger partial charge is 0.395 e. The zero-order chi connectivity index (χ0) is 30.3. The van der Waals surface area contributed by atoms with E-state index < -0.39 is 77.5 Å². The quantitative estimate of drug-likeness (QED) is 0.415. The lowest BCUT2D eigenvalue weighted by atomic mass is 9.86. The van der Waals surface area contributed by atoms with E-state index in [2.05, 4.69) is 9.47 Å². The average molecular weight is 522 g/mol. The normalized spacial score (nSPS) is 20.6. The molecule has 9 heteroatoms. The number of halogens is 3. The van der Waals surface area contributed by atoms with Gasteiger partial charge in [-0.15, -0.1) is 8.78 Å². The molecule has 0 radical (unpaired) electrons. The zero-order valence-electron chi connectivity index (χ0n) is 24.7. The second-order valence-electron chi connectivity index (χ2n) is 10.3. The molecule has 198 valence electrons. The number of aromatic nitrogens is 1. The summed E-state index contributed by atoms with van der Waals surface area (Å²) in [4.78, 5) is 13.6. The molecule has 1 aliphatic carbocycles. The Balaban J connectivity index is 1.54. The molecule has 1 fully saturated rings. The number of ether oxygens (including phenoxy) is 2. The van der Waals surface area contributed by atoms with Crippen LogP contribution < -0.4 is 9.47 Å².